The first-order valence-corrected chi connectivity index (χ1v) is 44.8. The second-order valence-electron chi connectivity index (χ2n) is 28.8. The first-order chi connectivity index (χ1) is 48.2. The number of aliphatic hydroxyl groups excluding tert-OH is 1. The molecule has 17 nitrogen and oxygen atoms in total. The van der Waals surface area contributed by atoms with Gasteiger partial charge >= 0.3 is 39.5 Å². The number of hydrogen-bond acceptors (Lipinski definition) is 15. The van der Waals surface area contributed by atoms with E-state index in [1.54, 1.807) is 0 Å². The van der Waals surface area contributed by atoms with Gasteiger partial charge in [-0.2, -0.15) is 0 Å². The molecule has 3 N–H and O–H groups in total. The summed E-state index contributed by atoms with van der Waals surface area (Å²) in [4.78, 5) is 73.0. The van der Waals surface area contributed by atoms with Gasteiger partial charge in [-0.1, -0.05) is 381 Å². The number of phosphoric acid groups is 2. The van der Waals surface area contributed by atoms with E-state index in [9.17, 15) is 43.2 Å². The van der Waals surface area contributed by atoms with Crippen LogP contribution in [0.4, 0.5) is 0 Å². The van der Waals surface area contributed by atoms with Crippen molar-refractivity contribution in [3.8, 4) is 0 Å². The summed E-state index contributed by atoms with van der Waals surface area (Å²) in [7, 11) is -9.91. The maximum absolute atomic E-state index is 13.1. The average molecular weight is 1450 g/mol. The third-order valence-corrected chi connectivity index (χ3v) is 20.8. The molecule has 5 atom stereocenters. The maximum atomic E-state index is 13.1. The predicted molar refractivity (Wildman–Crippen MR) is 405 cm³/mol. The first kappa shape index (κ1) is 97.1. The van der Waals surface area contributed by atoms with E-state index in [4.69, 9.17) is 37.0 Å². The Morgan fingerprint density at radius 1 is 0.242 bits per heavy atom. The topological polar surface area (TPSA) is 237 Å². The van der Waals surface area contributed by atoms with Gasteiger partial charge < -0.3 is 33.8 Å². The molecule has 19 heteroatoms. The maximum Gasteiger partial charge on any atom is 0.472 e. The lowest BCUT2D eigenvalue weighted by atomic mass is 10.0. The summed E-state index contributed by atoms with van der Waals surface area (Å²) in [6, 6.07) is 0. The molecule has 0 aromatic rings. The lowest BCUT2D eigenvalue weighted by Crippen LogP contribution is -2.30. The van der Waals surface area contributed by atoms with E-state index in [0.29, 0.717) is 25.7 Å². The molecule has 0 aromatic carbocycles. The average Bonchev–Trinajstić information content (AvgIpc) is 1.01. The summed E-state index contributed by atoms with van der Waals surface area (Å²) < 4.78 is 68.7. The Labute approximate surface area is 607 Å². The number of aliphatic hydroxyl groups is 1. The molecule has 0 spiro atoms. The molecule has 588 valence electrons. The zero-order valence-corrected chi connectivity index (χ0v) is 66.3. The Morgan fingerprint density at radius 2 is 0.404 bits per heavy atom. The van der Waals surface area contributed by atoms with Crippen molar-refractivity contribution >= 4 is 39.5 Å². The molecule has 0 aliphatic heterocycles. The molecule has 0 rings (SSSR count). The molecule has 0 bridgehead atoms. The second kappa shape index (κ2) is 74.3. The van der Waals surface area contributed by atoms with Crippen LogP contribution in [0.1, 0.15) is 432 Å². The van der Waals surface area contributed by atoms with E-state index in [1.165, 1.54) is 263 Å². The summed E-state index contributed by atoms with van der Waals surface area (Å²) >= 11 is 0. The quantitative estimate of drug-likeness (QED) is 0.0222. The lowest BCUT2D eigenvalue weighted by molar-refractivity contribution is -0.161. The van der Waals surface area contributed by atoms with Crippen molar-refractivity contribution in [1.82, 2.24) is 0 Å². The molecule has 0 amide bonds. The molecule has 0 aliphatic carbocycles. The number of phosphoric ester groups is 2. The third kappa shape index (κ3) is 74.1. The Kier molecular flexibility index (Phi) is 72.9. The van der Waals surface area contributed by atoms with Crippen LogP contribution in [0.15, 0.2) is 0 Å². The molecule has 0 radical (unpaired) electrons. The van der Waals surface area contributed by atoms with Crippen molar-refractivity contribution in [1.29, 1.82) is 0 Å². The highest BCUT2D eigenvalue weighted by molar-refractivity contribution is 7.47. The molecule has 99 heavy (non-hydrogen) atoms. The zero-order valence-electron chi connectivity index (χ0n) is 64.5. The smallest absolute Gasteiger partial charge is 0.462 e. The van der Waals surface area contributed by atoms with E-state index in [0.717, 1.165) is 89.9 Å². The van der Waals surface area contributed by atoms with Crippen LogP contribution in [0.25, 0.3) is 0 Å². The molecule has 0 fully saturated rings. The van der Waals surface area contributed by atoms with Gasteiger partial charge in [0.25, 0.3) is 0 Å². The van der Waals surface area contributed by atoms with Gasteiger partial charge in [-0.05, 0) is 25.7 Å². The van der Waals surface area contributed by atoms with Crippen LogP contribution in [0.2, 0.25) is 0 Å². The van der Waals surface area contributed by atoms with Gasteiger partial charge in [-0.25, -0.2) is 9.13 Å². The number of hydrogen-bond donors (Lipinski definition) is 3. The molecule has 0 heterocycles. The summed E-state index contributed by atoms with van der Waals surface area (Å²) in [6.07, 6.45) is 66.5. The summed E-state index contributed by atoms with van der Waals surface area (Å²) in [5, 5.41) is 10.6. The van der Waals surface area contributed by atoms with Gasteiger partial charge in [0.05, 0.1) is 26.4 Å². The Morgan fingerprint density at radius 3 is 0.596 bits per heavy atom. The van der Waals surface area contributed by atoms with E-state index in [1.807, 2.05) is 0 Å². The minimum Gasteiger partial charge on any atom is -0.462 e. The van der Waals surface area contributed by atoms with Gasteiger partial charge in [0.2, 0.25) is 0 Å². The molecule has 0 saturated carbocycles. The SMILES string of the molecule is CCCCCCCCCCCCCCCCCCCCCCC(=O)O[C@H](COC(=O)CCCCCCCCCCCCCCCCCC)COP(=O)(O)OC[C@@H](O)COP(=O)(O)OC[C@@H](COC(=O)CCCCCCCCCCCCC)OC(=O)CCCCCCCCCCCCCC. The van der Waals surface area contributed by atoms with Crippen LogP contribution < -0.4 is 0 Å². The Hall–Kier alpha value is -1.94. The van der Waals surface area contributed by atoms with Crippen LogP contribution in [-0.4, -0.2) is 96.7 Å². The highest BCUT2D eigenvalue weighted by Gasteiger charge is 2.30. The first-order valence-electron chi connectivity index (χ1n) is 41.8. The normalized spacial score (nSPS) is 13.8. The van der Waals surface area contributed by atoms with Crippen LogP contribution in [-0.2, 0) is 65.4 Å². The van der Waals surface area contributed by atoms with Crippen LogP contribution in [0.5, 0.6) is 0 Å². The van der Waals surface area contributed by atoms with Crippen molar-refractivity contribution in [3.63, 3.8) is 0 Å². The van der Waals surface area contributed by atoms with Gasteiger partial charge in [-0.3, -0.25) is 37.3 Å². The Bertz CT molecular complexity index is 1880. The van der Waals surface area contributed by atoms with Crippen LogP contribution in [0, 0.1) is 0 Å². The third-order valence-electron chi connectivity index (χ3n) is 18.9. The highest BCUT2D eigenvalue weighted by Crippen LogP contribution is 2.45. The van der Waals surface area contributed by atoms with Crippen molar-refractivity contribution in [2.45, 2.75) is 451 Å². The van der Waals surface area contributed by atoms with Gasteiger partial charge in [0.15, 0.2) is 12.2 Å². The molecule has 2 unspecified atom stereocenters. The molecule has 0 aromatic heterocycles. The van der Waals surface area contributed by atoms with Gasteiger partial charge in [-0.15, -0.1) is 0 Å². The van der Waals surface area contributed by atoms with Crippen molar-refractivity contribution in [3.05, 3.63) is 0 Å². The van der Waals surface area contributed by atoms with Crippen LogP contribution >= 0.6 is 15.6 Å². The van der Waals surface area contributed by atoms with Gasteiger partial charge in [0.1, 0.15) is 19.3 Å². The largest absolute Gasteiger partial charge is 0.472 e. The van der Waals surface area contributed by atoms with Crippen molar-refractivity contribution < 1.29 is 80.2 Å². The number of carbonyl (C=O) groups is 4. The summed E-state index contributed by atoms with van der Waals surface area (Å²) in [6.45, 7) is 5.02. The number of ether oxygens (including phenoxy) is 4. The van der Waals surface area contributed by atoms with Crippen molar-refractivity contribution in [2.75, 3.05) is 39.6 Å². The fourth-order valence-electron chi connectivity index (χ4n) is 12.5. The summed E-state index contributed by atoms with van der Waals surface area (Å²) in [5.41, 5.74) is 0. The Balaban J connectivity index is 5.22. The van der Waals surface area contributed by atoms with E-state index < -0.39 is 97.5 Å². The van der Waals surface area contributed by atoms with E-state index >= 15 is 0 Å². The standard InChI is InChI=1S/C80H156O17P2/c1-5-9-13-17-21-25-29-32-34-36-37-38-39-41-43-47-51-55-59-63-67-80(85)97-76(71-91-78(83)65-61-57-53-49-46-42-40-35-33-30-26-22-18-14-10-6-2)73-95-99(88,89)93-69-74(81)68-92-98(86,87)94-72-75(70-90-77(82)64-60-56-52-48-44-28-24-20-16-12-8-4)96-79(84)66-62-58-54-50-45-31-27-23-19-15-11-7-3/h74-76,81H,5-73H2,1-4H3,(H,86,87)(H,88,89)/t74-,75+,76+/m0/s1. The van der Waals surface area contributed by atoms with Gasteiger partial charge in [0, 0.05) is 25.7 Å². The number of esters is 4. The van der Waals surface area contributed by atoms with E-state index in [-0.39, 0.29) is 25.7 Å². The number of carbonyl (C=O) groups excluding carboxylic acids is 4. The molecule has 0 aliphatic rings. The molecular weight excluding hydrogens is 1290 g/mol. The fourth-order valence-corrected chi connectivity index (χ4v) is 14.0. The minimum absolute atomic E-state index is 0.108. The zero-order chi connectivity index (χ0) is 72.5. The number of unbranched alkanes of at least 4 members (excludes halogenated alkanes) is 55. The fraction of sp³-hybridized carbons (Fsp3) is 0.950. The minimum atomic E-state index is -4.96. The molecule has 0 saturated heterocycles. The monoisotopic (exact) mass is 1450 g/mol. The van der Waals surface area contributed by atoms with Crippen molar-refractivity contribution in [2.24, 2.45) is 0 Å². The summed E-state index contributed by atoms with van der Waals surface area (Å²) in [5.74, 6) is -2.10. The van der Waals surface area contributed by atoms with Crippen LogP contribution in [0.3, 0.4) is 0 Å². The number of rotatable bonds is 81. The predicted octanol–water partition coefficient (Wildman–Crippen LogP) is 24.2. The second-order valence-corrected chi connectivity index (χ2v) is 31.7. The lowest BCUT2D eigenvalue weighted by Gasteiger charge is -2.21. The highest BCUT2D eigenvalue weighted by atomic mass is 31.2. The van der Waals surface area contributed by atoms with E-state index in [2.05, 4.69) is 27.7 Å². The molecular formula is C80H156O17P2.